The number of guanidine groups is 1. The van der Waals surface area contributed by atoms with Crippen LogP contribution in [0.1, 0.15) is 51.8 Å². The monoisotopic (exact) mass is 332 g/mol. The Balaban J connectivity index is 1.41. The molecule has 1 heterocycles. The van der Waals surface area contributed by atoms with Gasteiger partial charge in [-0.25, -0.2) is 0 Å². The molecule has 6 nitrogen and oxygen atoms in total. The number of fused-ring (bicyclic) bond motifs is 2. The van der Waals surface area contributed by atoms with Gasteiger partial charge in [-0.1, -0.05) is 13.3 Å². The number of aliphatic imine (C=N–C) groups is 1. The zero-order valence-electron chi connectivity index (χ0n) is 15.2. The van der Waals surface area contributed by atoms with Crippen molar-refractivity contribution in [1.82, 2.24) is 25.4 Å². The first-order chi connectivity index (χ1) is 11.8. The van der Waals surface area contributed by atoms with Crippen LogP contribution in [0, 0.1) is 17.8 Å². The Kier molecular flexibility index (Phi) is 6.10. The van der Waals surface area contributed by atoms with Gasteiger partial charge in [-0.3, -0.25) is 4.99 Å². The van der Waals surface area contributed by atoms with Crippen molar-refractivity contribution in [3.05, 3.63) is 12.2 Å². The Hall–Kier alpha value is -1.59. The molecule has 2 saturated carbocycles. The molecule has 0 aromatic carbocycles. The number of nitrogens with one attached hydrogen (secondary N) is 2. The van der Waals surface area contributed by atoms with Gasteiger partial charge in [0.1, 0.15) is 12.2 Å². The fourth-order valence-electron chi connectivity index (χ4n) is 4.45. The van der Waals surface area contributed by atoms with Crippen LogP contribution in [0.4, 0.5) is 0 Å². The second kappa shape index (κ2) is 8.49. The van der Waals surface area contributed by atoms with Crippen LogP contribution in [0.2, 0.25) is 0 Å². The van der Waals surface area contributed by atoms with E-state index in [-0.39, 0.29) is 0 Å². The first-order valence-electron chi connectivity index (χ1n) is 9.69. The van der Waals surface area contributed by atoms with Crippen molar-refractivity contribution >= 4 is 5.96 Å². The van der Waals surface area contributed by atoms with E-state index in [1.54, 1.807) is 6.33 Å². The molecule has 0 amide bonds. The highest BCUT2D eigenvalue weighted by atomic mass is 15.3. The van der Waals surface area contributed by atoms with Gasteiger partial charge in [0.25, 0.3) is 0 Å². The molecule has 2 fully saturated rings. The van der Waals surface area contributed by atoms with Crippen molar-refractivity contribution in [1.29, 1.82) is 0 Å². The zero-order valence-corrected chi connectivity index (χ0v) is 15.2. The molecule has 3 atom stereocenters. The lowest BCUT2D eigenvalue weighted by Crippen LogP contribution is -2.39. The summed E-state index contributed by atoms with van der Waals surface area (Å²) >= 11 is 0. The number of hydrogen-bond donors (Lipinski definition) is 2. The molecule has 0 spiro atoms. The van der Waals surface area contributed by atoms with Gasteiger partial charge in [0, 0.05) is 32.6 Å². The van der Waals surface area contributed by atoms with Crippen LogP contribution >= 0.6 is 0 Å². The number of aryl methyl sites for hydroxylation is 1. The Morgan fingerprint density at radius 2 is 2.21 bits per heavy atom. The molecule has 2 N–H and O–H groups in total. The van der Waals surface area contributed by atoms with Crippen LogP contribution in [0.3, 0.4) is 0 Å². The highest BCUT2D eigenvalue weighted by molar-refractivity contribution is 5.79. The van der Waals surface area contributed by atoms with Gasteiger partial charge in [0.05, 0.1) is 0 Å². The third-order valence-electron chi connectivity index (χ3n) is 5.66. The van der Waals surface area contributed by atoms with E-state index in [2.05, 4.69) is 39.2 Å². The van der Waals surface area contributed by atoms with E-state index in [4.69, 9.17) is 4.99 Å². The smallest absolute Gasteiger partial charge is 0.191 e. The maximum atomic E-state index is 4.78. The summed E-state index contributed by atoms with van der Waals surface area (Å²) in [7, 11) is 0. The first-order valence-corrected chi connectivity index (χ1v) is 9.69. The molecular weight excluding hydrogens is 300 g/mol. The molecule has 1 aromatic heterocycles. The topological polar surface area (TPSA) is 67.1 Å². The molecular formula is C18H32N6. The van der Waals surface area contributed by atoms with Gasteiger partial charge in [0.15, 0.2) is 5.96 Å². The third kappa shape index (κ3) is 4.28. The lowest BCUT2D eigenvalue weighted by atomic mass is 9.86. The highest BCUT2D eigenvalue weighted by Crippen LogP contribution is 2.49. The zero-order chi connectivity index (χ0) is 16.8. The average Bonchev–Trinajstić information content (AvgIpc) is 3.31. The molecule has 3 unspecified atom stereocenters. The molecule has 24 heavy (non-hydrogen) atoms. The van der Waals surface area contributed by atoms with Crippen LogP contribution < -0.4 is 10.6 Å². The molecule has 1 aromatic rings. The van der Waals surface area contributed by atoms with E-state index in [1.807, 2.05) is 0 Å². The van der Waals surface area contributed by atoms with Gasteiger partial charge in [-0.15, -0.1) is 10.2 Å². The molecule has 0 saturated heterocycles. The SMILES string of the molecule is CCNC(=NCCC1CC2CCC1C2)NCCn1cnnc1CC. The fraction of sp³-hybridized carbons (Fsp3) is 0.833. The third-order valence-corrected chi connectivity index (χ3v) is 5.66. The minimum Gasteiger partial charge on any atom is -0.357 e. The van der Waals surface area contributed by atoms with Gasteiger partial charge >= 0.3 is 0 Å². The first kappa shape index (κ1) is 17.2. The second-order valence-corrected chi connectivity index (χ2v) is 7.21. The van der Waals surface area contributed by atoms with E-state index in [0.29, 0.717) is 0 Å². The molecule has 2 aliphatic carbocycles. The van der Waals surface area contributed by atoms with E-state index in [1.165, 1.54) is 32.1 Å². The molecule has 3 rings (SSSR count). The molecule has 6 heteroatoms. The van der Waals surface area contributed by atoms with Gasteiger partial charge < -0.3 is 15.2 Å². The molecule has 0 radical (unpaired) electrons. The van der Waals surface area contributed by atoms with Crippen molar-refractivity contribution in [2.75, 3.05) is 19.6 Å². The Morgan fingerprint density at radius 3 is 2.92 bits per heavy atom. The summed E-state index contributed by atoms with van der Waals surface area (Å²) in [5.41, 5.74) is 0. The van der Waals surface area contributed by atoms with Gasteiger partial charge in [0.2, 0.25) is 0 Å². The van der Waals surface area contributed by atoms with E-state index >= 15 is 0 Å². The van der Waals surface area contributed by atoms with Crippen molar-refractivity contribution < 1.29 is 0 Å². The molecule has 134 valence electrons. The average molecular weight is 332 g/mol. The maximum absolute atomic E-state index is 4.78. The number of nitrogens with zero attached hydrogens (tertiary/aromatic N) is 4. The fourth-order valence-corrected chi connectivity index (χ4v) is 4.45. The van der Waals surface area contributed by atoms with E-state index < -0.39 is 0 Å². The van der Waals surface area contributed by atoms with Crippen molar-refractivity contribution in [2.24, 2.45) is 22.7 Å². The summed E-state index contributed by atoms with van der Waals surface area (Å²) < 4.78 is 2.10. The van der Waals surface area contributed by atoms with Crippen LogP contribution in [-0.2, 0) is 13.0 Å². The highest BCUT2D eigenvalue weighted by Gasteiger charge is 2.38. The Labute approximate surface area is 145 Å². The van der Waals surface area contributed by atoms with E-state index in [0.717, 1.165) is 62.1 Å². The number of rotatable bonds is 8. The predicted molar refractivity (Wildman–Crippen MR) is 96.9 cm³/mol. The predicted octanol–water partition coefficient (Wildman–Crippen LogP) is 2.22. The second-order valence-electron chi connectivity index (χ2n) is 7.21. The standard InChI is InChI=1S/C18H32N6/c1-3-17-23-22-13-24(17)10-9-21-18(19-4-2)20-8-7-16-12-14-5-6-15(16)11-14/h13-16H,3-12H2,1-2H3,(H2,19,20,21). The Morgan fingerprint density at radius 1 is 1.29 bits per heavy atom. The van der Waals surface area contributed by atoms with Crippen LogP contribution in [0.15, 0.2) is 11.3 Å². The minimum absolute atomic E-state index is 0.838. The van der Waals surface area contributed by atoms with Crippen molar-refractivity contribution in [3.8, 4) is 0 Å². The van der Waals surface area contributed by atoms with Crippen LogP contribution in [-0.4, -0.2) is 40.4 Å². The molecule has 2 bridgehead atoms. The number of aromatic nitrogens is 3. The maximum Gasteiger partial charge on any atom is 0.191 e. The van der Waals surface area contributed by atoms with Crippen molar-refractivity contribution in [2.45, 2.75) is 58.9 Å². The lowest BCUT2D eigenvalue weighted by Gasteiger charge is -2.20. The summed E-state index contributed by atoms with van der Waals surface area (Å²) in [5, 5.41) is 14.9. The summed E-state index contributed by atoms with van der Waals surface area (Å²) in [6.45, 7) is 7.76. The molecule has 0 aliphatic heterocycles. The largest absolute Gasteiger partial charge is 0.357 e. The van der Waals surface area contributed by atoms with E-state index in [9.17, 15) is 0 Å². The van der Waals surface area contributed by atoms with Crippen molar-refractivity contribution in [3.63, 3.8) is 0 Å². The summed E-state index contributed by atoms with van der Waals surface area (Å²) in [6, 6.07) is 0. The Bertz CT molecular complexity index is 537. The van der Waals surface area contributed by atoms with Crippen LogP contribution in [0.5, 0.6) is 0 Å². The lowest BCUT2D eigenvalue weighted by molar-refractivity contribution is 0.318. The van der Waals surface area contributed by atoms with Gasteiger partial charge in [-0.05, 0) is 50.4 Å². The number of hydrogen-bond acceptors (Lipinski definition) is 3. The molecule has 2 aliphatic rings. The van der Waals surface area contributed by atoms with Crippen LogP contribution in [0.25, 0.3) is 0 Å². The van der Waals surface area contributed by atoms with Gasteiger partial charge in [-0.2, -0.15) is 0 Å². The minimum atomic E-state index is 0.838. The normalized spacial score (nSPS) is 26.1. The summed E-state index contributed by atoms with van der Waals surface area (Å²) in [4.78, 5) is 4.78. The summed E-state index contributed by atoms with van der Waals surface area (Å²) in [6.07, 6.45) is 9.87. The summed E-state index contributed by atoms with van der Waals surface area (Å²) in [5.74, 6) is 4.94. The quantitative estimate of drug-likeness (QED) is 0.566.